The van der Waals surface area contributed by atoms with Crippen molar-refractivity contribution in [3.63, 3.8) is 0 Å². The Labute approximate surface area is 160 Å². The maximum atomic E-state index is 13.3. The summed E-state index contributed by atoms with van der Waals surface area (Å²) in [5.41, 5.74) is 0. The topological polar surface area (TPSA) is 80.8 Å². The third-order valence-electron chi connectivity index (χ3n) is 4.44. The summed E-state index contributed by atoms with van der Waals surface area (Å²) in [6.45, 7) is 1.86. The SMILES string of the molecule is CCCN(C(=O)COC(=O)c1cc2cc(F)ccc2s1)[C@H]1CCS(=O)(=O)C1. The molecule has 6 nitrogen and oxygen atoms in total. The lowest BCUT2D eigenvalue weighted by Gasteiger charge is -2.27. The summed E-state index contributed by atoms with van der Waals surface area (Å²) in [4.78, 5) is 26.5. The van der Waals surface area contributed by atoms with E-state index in [1.807, 2.05) is 6.92 Å². The number of halogens is 1. The third-order valence-corrected chi connectivity index (χ3v) is 7.29. The number of nitrogens with zero attached hydrogens (tertiary/aromatic N) is 1. The second-order valence-electron chi connectivity index (χ2n) is 6.51. The van der Waals surface area contributed by atoms with E-state index < -0.39 is 34.1 Å². The molecule has 3 rings (SSSR count). The van der Waals surface area contributed by atoms with Gasteiger partial charge in [-0.2, -0.15) is 0 Å². The molecule has 1 aliphatic heterocycles. The largest absolute Gasteiger partial charge is 0.451 e. The molecule has 0 aliphatic carbocycles. The molecule has 1 atom stereocenters. The normalized spacial score (nSPS) is 18.5. The van der Waals surface area contributed by atoms with Crippen LogP contribution in [0, 0.1) is 5.82 Å². The first kappa shape index (κ1) is 19.8. The fraction of sp³-hybridized carbons (Fsp3) is 0.444. The number of fused-ring (bicyclic) bond motifs is 1. The van der Waals surface area contributed by atoms with E-state index in [2.05, 4.69) is 0 Å². The van der Waals surface area contributed by atoms with Crippen molar-refractivity contribution in [1.29, 1.82) is 0 Å². The highest BCUT2D eigenvalue weighted by molar-refractivity contribution is 7.91. The molecule has 146 valence electrons. The average Bonchev–Trinajstić information content (AvgIpc) is 3.19. The van der Waals surface area contributed by atoms with Gasteiger partial charge in [0.1, 0.15) is 10.7 Å². The van der Waals surface area contributed by atoms with Crippen molar-refractivity contribution in [2.75, 3.05) is 24.7 Å². The van der Waals surface area contributed by atoms with Crippen LogP contribution in [-0.2, 0) is 19.4 Å². The molecular weight excluding hydrogens is 393 g/mol. The standard InChI is InChI=1S/C18H20FNO5S2/c1-2-6-20(14-5-7-27(23,24)11-14)17(21)10-25-18(22)16-9-12-8-13(19)3-4-15(12)26-16/h3-4,8-9,14H,2,5-7,10-11H2,1H3/t14-/m0/s1. The molecule has 1 aromatic carbocycles. The van der Waals surface area contributed by atoms with Gasteiger partial charge < -0.3 is 9.64 Å². The Morgan fingerprint density at radius 1 is 1.33 bits per heavy atom. The molecule has 0 saturated carbocycles. The monoisotopic (exact) mass is 413 g/mol. The molecule has 1 fully saturated rings. The lowest BCUT2D eigenvalue weighted by molar-refractivity contribution is -0.136. The van der Waals surface area contributed by atoms with Crippen molar-refractivity contribution >= 4 is 43.1 Å². The first-order valence-corrected chi connectivity index (χ1v) is 11.3. The minimum atomic E-state index is -3.12. The number of hydrogen-bond donors (Lipinski definition) is 0. The lowest BCUT2D eigenvalue weighted by atomic mass is 10.2. The molecule has 1 amide bonds. The number of carbonyl (C=O) groups is 2. The van der Waals surface area contributed by atoms with Crippen LogP contribution in [-0.4, -0.2) is 55.9 Å². The number of thiophene rings is 1. The van der Waals surface area contributed by atoms with E-state index in [9.17, 15) is 22.4 Å². The van der Waals surface area contributed by atoms with Crippen molar-refractivity contribution in [1.82, 2.24) is 4.90 Å². The summed E-state index contributed by atoms with van der Waals surface area (Å²) in [7, 11) is -3.12. The Morgan fingerprint density at radius 2 is 2.11 bits per heavy atom. The number of carbonyl (C=O) groups excluding carboxylic acids is 2. The molecule has 1 saturated heterocycles. The number of hydrogen-bond acceptors (Lipinski definition) is 6. The molecule has 0 spiro atoms. The van der Waals surface area contributed by atoms with Crippen LogP contribution in [0.2, 0.25) is 0 Å². The molecular formula is C18H20FNO5S2. The highest BCUT2D eigenvalue weighted by Crippen LogP contribution is 2.27. The first-order chi connectivity index (χ1) is 12.8. The molecule has 0 unspecified atom stereocenters. The highest BCUT2D eigenvalue weighted by Gasteiger charge is 2.34. The van der Waals surface area contributed by atoms with Crippen molar-refractivity contribution in [3.05, 3.63) is 35.0 Å². The molecule has 9 heteroatoms. The van der Waals surface area contributed by atoms with Gasteiger partial charge in [-0.3, -0.25) is 4.79 Å². The van der Waals surface area contributed by atoms with E-state index in [1.54, 1.807) is 6.07 Å². The predicted octanol–water partition coefficient (Wildman–Crippen LogP) is 2.62. The maximum absolute atomic E-state index is 13.3. The van der Waals surface area contributed by atoms with Crippen LogP contribution < -0.4 is 0 Å². The van der Waals surface area contributed by atoms with Crippen LogP contribution in [0.15, 0.2) is 24.3 Å². The van der Waals surface area contributed by atoms with Crippen LogP contribution in [0.1, 0.15) is 29.4 Å². The minimum Gasteiger partial charge on any atom is -0.451 e. The number of rotatable bonds is 6. The Balaban J connectivity index is 1.64. The van der Waals surface area contributed by atoms with Crippen molar-refractivity contribution in [3.8, 4) is 0 Å². The minimum absolute atomic E-state index is 0.0471. The zero-order valence-electron chi connectivity index (χ0n) is 14.8. The van der Waals surface area contributed by atoms with Gasteiger partial charge in [-0.05, 0) is 42.5 Å². The van der Waals surface area contributed by atoms with E-state index in [0.717, 1.165) is 16.0 Å². The Hall–Kier alpha value is -2.00. The zero-order chi connectivity index (χ0) is 19.6. The summed E-state index contributed by atoms with van der Waals surface area (Å²) in [5.74, 6) is -1.42. The summed E-state index contributed by atoms with van der Waals surface area (Å²) in [5, 5.41) is 0.599. The number of amides is 1. The van der Waals surface area contributed by atoms with Crippen LogP contribution in [0.25, 0.3) is 10.1 Å². The van der Waals surface area contributed by atoms with E-state index in [4.69, 9.17) is 4.74 Å². The van der Waals surface area contributed by atoms with Gasteiger partial charge in [-0.25, -0.2) is 17.6 Å². The Bertz CT molecular complexity index is 969. The van der Waals surface area contributed by atoms with Crippen LogP contribution in [0.5, 0.6) is 0 Å². The summed E-state index contributed by atoms with van der Waals surface area (Å²) >= 11 is 1.16. The molecule has 1 aliphatic rings. The predicted molar refractivity (Wildman–Crippen MR) is 101 cm³/mol. The molecule has 0 N–H and O–H groups in total. The molecule has 2 heterocycles. The number of benzene rings is 1. The average molecular weight is 413 g/mol. The van der Waals surface area contributed by atoms with Crippen LogP contribution in [0.3, 0.4) is 0 Å². The van der Waals surface area contributed by atoms with Gasteiger partial charge in [0.2, 0.25) is 0 Å². The summed E-state index contributed by atoms with van der Waals surface area (Å²) in [6, 6.07) is 5.39. The number of esters is 1. The third kappa shape index (κ3) is 4.65. The fourth-order valence-corrected chi connectivity index (χ4v) is 5.84. The van der Waals surface area contributed by atoms with E-state index in [0.29, 0.717) is 24.8 Å². The zero-order valence-corrected chi connectivity index (χ0v) is 16.4. The van der Waals surface area contributed by atoms with E-state index in [-0.39, 0.29) is 22.4 Å². The maximum Gasteiger partial charge on any atom is 0.348 e. The lowest BCUT2D eigenvalue weighted by Crippen LogP contribution is -2.43. The molecule has 0 bridgehead atoms. The number of sulfone groups is 1. The first-order valence-electron chi connectivity index (χ1n) is 8.65. The summed E-state index contributed by atoms with van der Waals surface area (Å²) in [6.07, 6.45) is 1.09. The molecule has 27 heavy (non-hydrogen) atoms. The van der Waals surface area contributed by atoms with Gasteiger partial charge in [0.25, 0.3) is 5.91 Å². The number of ether oxygens (including phenoxy) is 1. The second-order valence-corrected chi connectivity index (χ2v) is 9.83. The van der Waals surface area contributed by atoms with E-state index >= 15 is 0 Å². The van der Waals surface area contributed by atoms with Gasteiger partial charge in [-0.1, -0.05) is 6.92 Å². The quantitative estimate of drug-likeness (QED) is 0.680. The van der Waals surface area contributed by atoms with Crippen molar-refractivity contribution < 1.29 is 27.1 Å². The smallest absolute Gasteiger partial charge is 0.348 e. The van der Waals surface area contributed by atoms with E-state index in [1.165, 1.54) is 23.1 Å². The van der Waals surface area contributed by atoms with Crippen LogP contribution >= 0.6 is 11.3 Å². The molecule has 1 aromatic heterocycles. The van der Waals surface area contributed by atoms with Gasteiger partial charge in [-0.15, -0.1) is 11.3 Å². The fourth-order valence-electron chi connectivity index (χ4n) is 3.17. The van der Waals surface area contributed by atoms with Crippen LogP contribution in [0.4, 0.5) is 4.39 Å². The van der Waals surface area contributed by atoms with Gasteiger partial charge in [0.05, 0.1) is 11.5 Å². The second kappa shape index (κ2) is 7.93. The summed E-state index contributed by atoms with van der Waals surface area (Å²) < 4.78 is 42.5. The van der Waals surface area contributed by atoms with Crippen molar-refractivity contribution in [2.24, 2.45) is 0 Å². The molecule has 0 radical (unpaired) electrons. The van der Waals surface area contributed by atoms with Gasteiger partial charge >= 0.3 is 5.97 Å². The van der Waals surface area contributed by atoms with Crippen molar-refractivity contribution in [2.45, 2.75) is 25.8 Å². The molecule has 2 aromatic rings. The Kier molecular flexibility index (Phi) is 5.81. The van der Waals surface area contributed by atoms with Gasteiger partial charge in [0.15, 0.2) is 16.4 Å². The Morgan fingerprint density at radius 3 is 2.78 bits per heavy atom. The highest BCUT2D eigenvalue weighted by atomic mass is 32.2. The van der Waals surface area contributed by atoms with Gasteiger partial charge in [0, 0.05) is 17.3 Å².